The van der Waals surface area contributed by atoms with Crippen molar-refractivity contribution in [2.45, 2.75) is 82.6 Å². The number of halogens is 3. The van der Waals surface area contributed by atoms with Crippen LogP contribution >= 0.6 is 0 Å². The Bertz CT molecular complexity index is 718. The van der Waals surface area contributed by atoms with Crippen LogP contribution in [0, 0.1) is 0 Å². The summed E-state index contributed by atoms with van der Waals surface area (Å²) in [4.78, 5) is 16.2. The first-order valence-corrected chi connectivity index (χ1v) is 10.8. The van der Waals surface area contributed by atoms with Crippen LogP contribution in [-0.4, -0.2) is 59.5 Å². The minimum atomic E-state index is -4.66. The van der Waals surface area contributed by atoms with Crippen LogP contribution in [0.1, 0.15) is 51.0 Å². The minimum Gasteiger partial charge on any atom is -0.406 e. The van der Waals surface area contributed by atoms with Crippen LogP contribution in [0.15, 0.2) is 24.3 Å². The molecule has 3 fully saturated rings. The van der Waals surface area contributed by atoms with Gasteiger partial charge in [-0.1, -0.05) is 12.1 Å². The van der Waals surface area contributed by atoms with Gasteiger partial charge in [0.25, 0.3) is 0 Å². The molecule has 0 radical (unpaired) electrons. The molecule has 2 atom stereocenters. The third kappa shape index (κ3) is 5.27. The monoisotopic (exact) mass is 426 g/mol. The Labute approximate surface area is 175 Å². The fourth-order valence-electron chi connectivity index (χ4n) is 5.28. The molecule has 0 spiro atoms. The molecule has 2 unspecified atom stereocenters. The molecule has 0 N–H and O–H groups in total. The third-order valence-corrected chi connectivity index (χ3v) is 6.54. The Morgan fingerprint density at radius 2 is 1.60 bits per heavy atom. The number of hydrogen-bond donors (Lipinski definition) is 0. The number of likely N-dealkylation sites (tertiary alicyclic amines) is 1. The van der Waals surface area contributed by atoms with Crippen molar-refractivity contribution in [3.05, 3.63) is 29.8 Å². The molecule has 1 aromatic rings. The van der Waals surface area contributed by atoms with E-state index >= 15 is 0 Å². The highest BCUT2D eigenvalue weighted by molar-refractivity contribution is 5.74. The molecule has 0 saturated carbocycles. The average molecular weight is 426 g/mol. The van der Waals surface area contributed by atoms with Crippen LogP contribution in [0.2, 0.25) is 0 Å². The molecule has 1 aromatic carbocycles. The predicted molar refractivity (Wildman–Crippen MR) is 105 cm³/mol. The molecule has 0 aromatic heterocycles. The smallest absolute Gasteiger partial charge is 0.406 e. The van der Waals surface area contributed by atoms with E-state index in [0.29, 0.717) is 18.6 Å². The zero-order valence-electron chi connectivity index (χ0n) is 17.2. The summed E-state index contributed by atoms with van der Waals surface area (Å²) in [7, 11) is 0. The van der Waals surface area contributed by atoms with E-state index in [1.165, 1.54) is 12.1 Å². The second-order valence-corrected chi connectivity index (χ2v) is 8.71. The molecule has 2 bridgehead atoms. The SMILES string of the molecule is CC(=O)N1C2CCC1CC(OC1CCN(Cc3ccc(OC(F)(F)F)cc3)CC1)C2. The Balaban J connectivity index is 1.21. The molecular weight excluding hydrogens is 397 g/mol. The number of ether oxygens (including phenoxy) is 2. The number of benzene rings is 1. The first-order valence-electron chi connectivity index (χ1n) is 10.8. The molecule has 30 heavy (non-hydrogen) atoms. The topological polar surface area (TPSA) is 42.0 Å². The molecule has 3 heterocycles. The summed E-state index contributed by atoms with van der Waals surface area (Å²) in [5.41, 5.74) is 0.970. The zero-order valence-corrected chi connectivity index (χ0v) is 17.2. The van der Waals surface area contributed by atoms with E-state index in [0.717, 1.165) is 57.2 Å². The molecule has 8 heteroatoms. The molecule has 1 amide bonds. The molecule has 3 saturated heterocycles. The van der Waals surface area contributed by atoms with E-state index in [1.54, 1.807) is 19.1 Å². The maximum Gasteiger partial charge on any atom is 0.573 e. The molecular formula is C22H29F3N2O3. The molecule has 0 aliphatic carbocycles. The van der Waals surface area contributed by atoms with Gasteiger partial charge in [0.05, 0.1) is 12.2 Å². The maximum atomic E-state index is 12.3. The van der Waals surface area contributed by atoms with E-state index in [9.17, 15) is 18.0 Å². The lowest BCUT2D eigenvalue weighted by Crippen LogP contribution is -2.49. The Morgan fingerprint density at radius 1 is 1.00 bits per heavy atom. The number of nitrogens with zero attached hydrogens (tertiary/aromatic N) is 2. The van der Waals surface area contributed by atoms with Gasteiger partial charge >= 0.3 is 6.36 Å². The number of rotatable bonds is 5. The van der Waals surface area contributed by atoms with Crippen LogP contribution in [0.5, 0.6) is 5.75 Å². The number of hydrogen-bond acceptors (Lipinski definition) is 4. The number of carbonyl (C=O) groups is 1. The summed E-state index contributed by atoms with van der Waals surface area (Å²) in [6.07, 6.45) is 1.82. The zero-order chi connectivity index (χ0) is 21.3. The third-order valence-electron chi connectivity index (χ3n) is 6.54. The second kappa shape index (κ2) is 8.75. The van der Waals surface area contributed by atoms with Gasteiger partial charge in [-0.05, 0) is 56.2 Å². The minimum absolute atomic E-state index is 0.187. The van der Waals surface area contributed by atoms with Gasteiger partial charge < -0.3 is 14.4 Å². The first kappa shape index (κ1) is 21.4. The van der Waals surface area contributed by atoms with Gasteiger partial charge in [-0.2, -0.15) is 0 Å². The Kier molecular flexibility index (Phi) is 6.25. The van der Waals surface area contributed by atoms with Crippen LogP contribution in [0.4, 0.5) is 13.2 Å². The second-order valence-electron chi connectivity index (χ2n) is 8.71. The van der Waals surface area contributed by atoms with Crippen LogP contribution < -0.4 is 4.74 Å². The summed E-state index contributed by atoms with van der Waals surface area (Å²) < 4.78 is 47.1. The summed E-state index contributed by atoms with van der Waals surface area (Å²) in [5.74, 6) is -0.00425. The average Bonchev–Trinajstić information content (AvgIpc) is 2.95. The van der Waals surface area contributed by atoms with Gasteiger partial charge in [0, 0.05) is 38.6 Å². The van der Waals surface area contributed by atoms with Gasteiger partial charge in [0.15, 0.2) is 0 Å². The van der Waals surface area contributed by atoms with E-state index in [-0.39, 0.29) is 23.9 Å². The van der Waals surface area contributed by atoms with Crippen molar-refractivity contribution < 1.29 is 27.4 Å². The number of amides is 1. The standard InChI is InChI=1S/C22H29F3N2O3/c1-15(28)27-17-4-5-18(27)13-21(12-17)29-19-8-10-26(11-9-19)14-16-2-6-20(7-3-16)30-22(23,24)25/h2-3,6-7,17-19,21H,4-5,8-14H2,1H3. The van der Waals surface area contributed by atoms with Crippen molar-refractivity contribution in [1.29, 1.82) is 0 Å². The maximum absolute atomic E-state index is 12.3. The van der Waals surface area contributed by atoms with Crippen molar-refractivity contribution >= 4 is 5.91 Å². The number of carbonyl (C=O) groups excluding carboxylic acids is 1. The largest absolute Gasteiger partial charge is 0.573 e. The number of fused-ring (bicyclic) bond motifs is 2. The summed E-state index contributed by atoms with van der Waals surface area (Å²) in [5, 5.41) is 0. The quantitative estimate of drug-likeness (QED) is 0.711. The fraction of sp³-hybridized carbons (Fsp3) is 0.682. The van der Waals surface area contributed by atoms with Crippen molar-refractivity contribution in [1.82, 2.24) is 9.80 Å². The number of piperidine rings is 2. The molecule has 166 valence electrons. The van der Waals surface area contributed by atoms with Gasteiger partial charge in [0.2, 0.25) is 5.91 Å². The lowest BCUT2D eigenvalue weighted by molar-refractivity contribution is -0.274. The highest BCUT2D eigenvalue weighted by Crippen LogP contribution is 2.37. The Morgan fingerprint density at radius 3 is 2.13 bits per heavy atom. The van der Waals surface area contributed by atoms with Crippen LogP contribution in [-0.2, 0) is 16.1 Å². The lowest BCUT2D eigenvalue weighted by atomic mass is 9.98. The molecule has 3 aliphatic rings. The summed E-state index contributed by atoms with van der Waals surface area (Å²) in [6, 6.07) is 6.77. The van der Waals surface area contributed by atoms with E-state index in [2.05, 4.69) is 14.5 Å². The van der Waals surface area contributed by atoms with Crippen molar-refractivity contribution in [2.75, 3.05) is 13.1 Å². The molecule has 4 rings (SSSR count). The van der Waals surface area contributed by atoms with Gasteiger partial charge in [-0.25, -0.2) is 0 Å². The van der Waals surface area contributed by atoms with E-state index in [4.69, 9.17) is 4.74 Å². The predicted octanol–water partition coefficient (Wildman–Crippen LogP) is 4.11. The van der Waals surface area contributed by atoms with Crippen molar-refractivity contribution in [3.8, 4) is 5.75 Å². The van der Waals surface area contributed by atoms with Gasteiger partial charge in [-0.15, -0.1) is 13.2 Å². The van der Waals surface area contributed by atoms with Crippen LogP contribution in [0.25, 0.3) is 0 Å². The first-order chi connectivity index (χ1) is 14.3. The lowest BCUT2D eigenvalue weighted by Gasteiger charge is -2.41. The van der Waals surface area contributed by atoms with Crippen LogP contribution in [0.3, 0.4) is 0 Å². The highest BCUT2D eigenvalue weighted by Gasteiger charge is 2.43. The fourth-order valence-corrected chi connectivity index (χ4v) is 5.28. The molecule has 3 aliphatic heterocycles. The van der Waals surface area contributed by atoms with Crippen molar-refractivity contribution in [2.24, 2.45) is 0 Å². The Hall–Kier alpha value is -1.80. The summed E-state index contributed by atoms with van der Waals surface area (Å²) >= 11 is 0. The normalized spacial score (nSPS) is 28.0. The van der Waals surface area contributed by atoms with Gasteiger partial charge in [0.1, 0.15) is 5.75 Å². The van der Waals surface area contributed by atoms with E-state index in [1.807, 2.05) is 0 Å². The summed E-state index contributed by atoms with van der Waals surface area (Å²) in [6.45, 7) is 4.19. The number of alkyl halides is 3. The van der Waals surface area contributed by atoms with Gasteiger partial charge in [-0.3, -0.25) is 9.69 Å². The van der Waals surface area contributed by atoms with E-state index < -0.39 is 6.36 Å². The van der Waals surface area contributed by atoms with Crippen molar-refractivity contribution in [3.63, 3.8) is 0 Å². The highest BCUT2D eigenvalue weighted by atomic mass is 19.4. The molecule has 5 nitrogen and oxygen atoms in total.